The molecule has 0 radical (unpaired) electrons. The topological polar surface area (TPSA) is 108 Å². The molecular weight excluding hydrogens is 344 g/mol. The minimum Gasteiger partial charge on any atom is -0.382 e. The molecule has 0 aromatic carbocycles. The molecule has 3 heterocycles. The molecule has 150 valence electrons. The molecule has 27 heavy (non-hydrogen) atoms. The third-order valence-corrected chi connectivity index (χ3v) is 5.24. The number of unbranched alkanes of at least 4 members (excludes halogenated alkanes) is 1. The third kappa shape index (κ3) is 4.59. The second-order valence-electron chi connectivity index (χ2n) is 7.46. The van der Waals surface area contributed by atoms with E-state index in [2.05, 4.69) is 50.8 Å². The quantitative estimate of drug-likeness (QED) is 0.588. The first kappa shape index (κ1) is 19.6. The Labute approximate surface area is 160 Å². The first-order valence-corrected chi connectivity index (χ1v) is 9.96. The zero-order valence-corrected chi connectivity index (χ0v) is 16.7. The van der Waals surface area contributed by atoms with Crippen LogP contribution in [0.1, 0.15) is 33.6 Å². The number of piperazine rings is 1. The SMILES string of the molecule is CCCCNc1nc(N)c2[nH]c(=O)n(CCN3CCN(C(C)C)CC3)c2n1. The summed E-state index contributed by atoms with van der Waals surface area (Å²) in [5.74, 6) is 0.784. The summed E-state index contributed by atoms with van der Waals surface area (Å²) in [6.07, 6.45) is 2.12. The van der Waals surface area contributed by atoms with Gasteiger partial charge in [0.1, 0.15) is 5.52 Å². The number of nitrogen functional groups attached to an aromatic ring is 1. The number of rotatable bonds is 8. The monoisotopic (exact) mass is 376 g/mol. The molecule has 0 saturated carbocycles. The van der Waals surface area contributed by atoms with Crippen LogP contribution in [0, 0.1) is 0 Å². The summed E-state index contributed by atoms with van der Waals surface area (Å²) >= 11 is 0. The van der Waals surface area contributed by atoms with Crippen molar-refractivity contribution in [3.8, 4) is 0 Å². The summed E-state index contributed by atoms with van der Waals surface area (Å²) in [6.45, 7) is 13.0. The number of aromatic amines is 1. The average Bonchev–Trinajstić information content (AvgIpc) is 2.96. The molecule has 0 amide bonds. The number of nitrogens with one attached hydrogen (secondary N) is 2. The number of H-pyrrole nitrogens is 1. The van der Waals surface area contributed by atoms with Gasteiger partial charge < -0.3 is 16.0 Å². The summed E-state index contributed by atoms with van der Waals surface area (Å²) in [7, 11) is 0. The van der Waals surface area contributed by atoms with Crippen molar-refractivity contribution in [3.05, 3.63) is 10.5 Å². The Bertz CT molecular complexity index is 804. The molecule has 3 rings (SSSR count). The molecule has 0 spiro atoms. The van der Waals surface area contributed by atoms with Crippen molar-refractivity contribution in [2.45, 2.75) is 46.2 Å². The van der Waals surface area contributed by atoms with Gasteiger partial charge in [-0.05, 0) is 20.3 Å². The first-order chi connectivity index (χ1) is 13.0. The van der Waals surface area contributed by atoms with Gasteiger partial charge in [0.2, 0.25) is 5.95 Å². The minimum absolute atomic E-state index is 0.183. The highest BCUT2D eigenvalue weighted by Crippen LogP contribution is 2.16. The highest BCUT2D eigenvalue weighted by atomic mass is 16.1. The first-order valence-electron chi connectivity index (χ1n) is 9.96. The van der Waals surface area contributed by atoms with E-state index in [0.29, 0.717) is 35.5 Å². The molecule has 0 aliphatic carbocycles. The summed E-state index contributed by atoms with van der Waals surface area (Å²) in [6, 6.07) is 0.585. The Morgan fingerprint density at radius 2 is 1.93 bits per heavy atom. The van der Waals surface area contributed by atoms with Crippen LogP contribution in [0.3, 0.4) is 0 Å². The van der Waals surface area contributed by atoms with Gasteiger partial charge in [-0.1, -0.05) is 13.3 Å². The zero-order valence-electron chi connectivity index (χ0n) is 16.7. The molecule has 9 heteroatoms. The lowest BCUT2D eigenvalue weighted by atomic mass is 10.2. The predicted molar refractivity (Wildman–Crippen MR) is 109 cm³/mol. The molecule has 4 N–H and O–H groups in total. The van der Waals surface area contributed by atoms with Crippen LogP contribution in [0.4, 0.5) is 11.8 Å². The van der Waals surface area contributed by atoms with Crippen molar-refractivity contribution in [3.63, 3.8) is 0 Å². The van der Waals surface area contributed by atoms with Crippen LogP contribution in [-0.4, -0.2) is 74.6 Å². The number of nitrogens with two attached hydrogens (primary N) is 1. The van der Waals surface area contributed by atoms with Gasteiger partial charge >= 0.3 is 5.69 Å². The normalized spacial score (nSPS) is 16.4. The van der Waals surface area contributed by atoms with Crippen LogP contribution in [-0.2, 0) is 6.54 Å². The largest absolute Gasteiger partial charge is 0.382 e. The predicted octanol–water partition coefficient (Wildman–Crippen LogP) is 0.940. The Kier molecular flexibility index (Phi) is 6.33. The highest BCUT2D eigenvalue weighted by molar-refractivity contribution is 5.82. The molecule has 1 aliphatic rings. The van der Waals surface area contributed by atoms with Gasteiger partial charge in [0, 0.05) is 51.9 Å². The van der Waals surface area contributed by atoms with Crippen molar-refractivity contribution >= 4 is 22.9 Å². The van der Waals surface area contributed by atoms with Gasteiger partial charge in [-0.15, -0.1) is 0 Å². The lowest BCUT2D eigenvalue weighted by molar-refractivity contribution is 0.106. The molecule has 2 aromatic rings. The van der Waals surface area contributed by atoms with E-state index in [4.69, 9.17) is 5.73 Å². The Balaban J connectivity index is 1.70. The smallest absolute Gasteiger partial charge is 0.327 e. The van der Waals surface area contributed by atoms with E-state index in [9.17, 15) is 4.79 Å². The fraction of sp³-hybridized carbons (Fsp3) is 0.722. The molecule has 1 aliphatic heterocycles. The van der Waals surface area contributed by atoms with Gasteiger partial charge in [0.05, 0.1) is 0 Å². The zero-order chi connectivity index (χ0) is 19.4. The van der Waals surface area contributed by atoms with Gasteiger partial charge in [-0.25, -0.2) is 4.79 Å². The second kappa shape index (κ2) is 8.71. The van der Waals surface area contributed by atoms with Gasteiger partial charge in [0.15, 0.2) is 11.5 Å². The van der Waals surface area contributed by atoms with E-state index in [1.54, 1.807) is 4.57 Å². The Hall–Kier alpha value is -2.13. The number of hydrogen-bond donors (Lipinski definition) is 3. The van der Waals surface area contributed by atoms with Crippen LogP contribution >= 0.6 is 0 Å². The van der Waals surface area contributed by atoms with Crippen LogP contribution in [0.15, 0.2) is 4.79 Å². The summed E-state index contributed by atoms with van der Waals surface area (Å²) in [5, 5.41) is 3.19. The Morgan fingerprint density at radius 3 is 2.59 bits per heavy atom. The van der Waals surface area contributed by atoms with E-state index in [1.807, 2.05) is 0 Å². The van der Waals surface area contributed by atoms with Crippen molar-refractivity contribution in [2.75, 3.05) is 50.3 Å². The van der Waals surface area contributed by atoms with Crippen molar-refractivity contribution in [1.82, 2.24) is 29.3 Å². The fourth-order valence-electron chi connectivity index (χ4n) is 3.46. The molecule has 0 bridgehead atoms. The van der Waals surface area contributed by atoms with Crippen molar-refractivity contribution in [2.24, 2.45) is 0 Å². The van der Waals surface area contributed by atoms with Crippen LogP contribution in [0.5, 0.6) is 0 Å². The molecule has 9 nitrogen and oxygen atoms in total. The number of nitrogens with zero attached hydrogens (tertiary/aromatic N) is 5. The number of aromatic nitrogens is 4. The van der Waals surface area contributed by atoms with Crippen LogP contribution in [0.25, 0.3) is 11.2 Å². The maximum absolute atomic E-state index is 12.4. The maximum Gasteiger partial charge on any atom is 0.327 e. The fourth-order valence-corrected chi connectivity index (χ4v) is 3.46. The lowest BCUT2D eigenvalue weighted by Crippen LogP contribution is -2.49. The molecule has 1 fully saturated rings. The summed E-state index contributed by atoms with van der Waals surface area (Å²) in [4.78, 5) is 28.9. The Morgan fingerprint density at radius 1 is 1.19 bits per heavy atom. The van der Waals surface area contributed by atoms with Crippen molar-refractivity contribution < 1.29 is 0 Å². The molecule has 0 unspecified atom stereocenters. The van der Waals surface area contributed by atoms with Gasteiger partial charge in [-0.2, -0.15) is 9.97 Å². The van der Waals surface area contributed by atoms with E-state index >= 15 is 0 Å². The van der Waals surface area contributed by atoms with Crippen LogP contribution in [0.2, 0.25) is 0 Å². The van der Waals surface area contributed by atoms with Crippen molar-refractivity contribution in [1.29, 1.82) is 0 Å². The summed E-state index contributed by atoms with van der Waals surface area (Å²) < 4.78 is 1.67. The number of anilines is 2. The average molecular weight is 377 g/mol. The number of imidazole rings is 1. The lowest BCUT2D eigenvalue weighted by Gasteiger charge is -2.36. The van der Waals surface area contributed by atoms with E-state index in [0.717, 1.165) is 52.1 Å². The standard InChI is InChI=1S/C18H32N8O/c1-4-5-6-20-17-22-15(19)14-16(23-17)26(18(27)21-14)12-9-24-7-10-25(11-8-24)13(2)3/h13H,4-12H2,1-3H3,(H,21,27)(H3,19,20,22,23). The van der Waals surface area contributed by atoms with Gasteiger partial charge in [-0.3, -0.25) is 14.4 Å². The number of hydrogen-bond acceptors (Lipinski definition) is 7. The van der Waals surface area contributed by atoms with E-state index < -0.39 is 0 Å². The summed E-state index contributed by atoms with van der Waals surface area (Å²) in [5.41, 5.74) is 6.95. The van der Waals surface area contributed by atoms with E-state index in [-0.39, 0.29) is 5.69 Å². The van der Waals surface area contributed by atoms with E-state index in [1.165, 1.54) is 0 Å². The number of fused-ring (bicyclic) bond motifs is 1. The molecular formula is C18H32N8O. The minimum atomic E-state index is -0.183. The third-order valence-electron chi connectivity index (χ3n) is 5.24. The second-order valence-corrected chi connectivity index (χ2v) is 7.46. The highest BCUT2D eigenvalue weighted by Gasteiger charge is 2.20. The maximum atomic E-state index is 12.4. The molecule has 0 atom stereocenters. The van der Waals surface area contributed by atoms with Gasteiger partial charge in [0.25, 0.3) is 0 Å². The molecule has 1 saturated heterocycles. The van der Waals surface area contributed by atoms with Crippen LogP contribution < -0.4 is 16.7 Å². The molecule has 2 aromatic heterocycles.